The largest absolute Gasteiger partial charge is 0.547 e. The van der Waals surface area contributed by atoms with Gasteiger partial charge in [-0.1, -0.05) is 6.07 Å². The van der Waals surface area contributed by atoms with Crippen molar-refractivity contribution in [2.75, 3.05) is 12.4 Å². The normalized spacial score (nSPS) is 11.8. The Morgan fingerprint density at radius 1 is 1.33 bits per heavy atom. The number of carbonyl (C=O) groups is 1. The number of carbonyl (C=O) groups excluding carboxylic acids is 1. The molecule has 4 nitrogen and oxygen atoms in total. The highest BCUT2D eigenvalue weighted by Crippen LogP contribution is 2.24. The molecule has 5 heteroatoms. The third-order valence-electron chi connectivity index (χ3n) is 2.46. The predicted molar refractivity (Wildman–Crippen MR) is 68.7 cm³/mol. The first-order chi connectivity index (χ1) is 8.70. The second kappa shape index (κ2) is 5.55. The fourth-order valence-corrected chi connectivity index (χ4v) is 2.32. The molecule has 18 heavy (non-hydrogen) atoms. The minimum Gasteiger partial charge on any atom is -0.547 e. The summed E-state index contributed by atoms with van der Waals surface area (Å²) in [6, 6.07) is 9.81. The molecule has 1 heterocycles. The molecular formula is C13H12NO3S-. The summed E-state index contributed by atoms with van der Waals surface area (Å²) in [5.74, 6) is -0.421. The standard InChI is InChI=1S/C13H13NO3S/c1-17-10-6-4-9(5-7-10)14-12(13(15)16)11-3-2-8-18-11/h2-8,12,14H,1H3,(H,15,16)/p-1/t12-/m0/s1. The predicted octanol–water partition coefficient (Wildman–Crippen LogP) is 1.66. The van der Waals surface area contributed by atoms with Crippen LogP contribution in [0.1, 0.15) is 10.9 Å². The number of ether oxygens (including phenoxy) is 1. The maximum Gasteiger partial charge on any atom is 0.119 e. The van der Waals surface area contributed by atoms with Gasteiger partial charge in [0, 0.05) is 10.6 Å². The van der Waals surface area contributed by atoms with Crippen LogP contribution < -0.4 is 15.2 Å². The van der Waals surface area contributed by atoms with Crippen LogP contribution in [-0.4, -0.2) is 13.1 Å². The number of aliphatic carboxylic acids is 1. The van der Waals surface area contributed by atoms with Crippen LogP contribution in [0, 0.1) is 0 Å². The van der Waals surface area contributed by atoms with E-state index in [2.05, 4.69) is 5.32 Å². The number of nitrogens with one attached hydrogen (secondary N) is 1. The zero-order valence-corrected chi connectivity index (χ0v) is 10.6. The molecule has 1 aromatic heterocycles. The van der Waals surface area contributed by atoms with Crippen molar-refractivity contribution < 1.29 is 14.6 Å². The molecule has 2 aromatic rings. The number of hydrogen-bond acceptors (Lipinski definition) is 5. The van der Waals surface area contributed by atoms with Crippen LogP contribution in [0.4, 0.5) is 5.69 Å². The number of carboxylic acids is 1. The van der Waals surface area contributed by atoms with Crippen molar-refractivity contribution >= 4 is 23.0 Å². The summed E-state index contributed by atoms with van der Waals surface area (Å²) < 4.78 is 5.04. The molecular weight excluding hydrogens is 250 g/mol. The lowest BCUT2D eigenvalue weighted by molar-refractivity contribution is -0.307. The molecule has 94 valence electrons. The van der Waals surface area contributed by atoms with Gasteiger partial charge in [-0.2, -0.15) is 0 Å². The minimum atomic E-state index is -1.15. The lowest BCUT2D eigenvalue weighted by atomic mass is 10.2. The van der Waals surface area contributed by atoms with Crippen LogP contribution in [-0.2, 0) is 4.79 Å². The summed E-state index contributed by atoms with van der Waals surface area (Å²) >= 11 is 1.38. The molecule has 0 spiro atoms. The lowest BCUT2D eigenvalue weighted by Crippen LogP contribution is -2.33. The van der Waals surface area contributed by atoms with Crippen LogP contribution in [0.25, 0.3) is 0 Å². The highest BCUT2D eigenvalue weighted by molar-refractivity contribution is 7.10. The van der Waals surface area contributed by atoms with Gasteiger partial charge in [0.2, 0.25) is 0 Å². The van der Waals surface area contributed by atoms with Gasteiger partial charge in [-0.3, -0.25) is 0 Å². The number of benzene rings is 1. The Hall–Kier alpha value is -2.01. The van der Waals surface area contributed by atoms with Crippen molar-refractivity contribution in [1.29, 1.82) is 0 Å². The van der Waals surface area contributed by atoms with Crippen molar-refractivity contribution in [3.63, 3.8) is 0 Å². The quantitative estimate of drug-likeness (QED) is 0.890. The number of thiophene rings is 1. The van der Waals surface area contributed by atoms with E-state index in [0.29, 0.717) is 10.6 Å². The lowest BCUT2D eigenvalue weighted by Gasteiger charge is -2.19. The first-order valence-corrected chi connectivity index (χ1v) is 6.23. The van der Waals surface area contributed by atoms with E-state index in [1.165, 1.54) is 11.3 Å². The second-order valence-electron chi connectivity index (χ2n) is 3.64. The smallest absolute Gasteiger partial charge is 0.119 e. The number of rotatable bonds is 5. The van der Waals surface area contributed by atoms with E-state index in [1.807, 2.05) is 11.4 Å². The second-order valence-corrected chi connectivity index (χ2v) is 4.62. The Balaban J connectivity index is 2.16. The molecule has 0 bridgehead atoms. The van der Waals surface area contributed by atoms with Crippen molar-refractivity contribution in [2.45, 2.75) is 6.04 Å². The summed E-state index contributed by atoms with van der Waals surface area (Å²) in [6.07, 6.45) is 0. The summed E-state index contributed by atoms with van der Waals surface area (Å²) in [5, 5.41) is 15.9. The number of hydrogen-bond donors (Lipinski definition) is 1. The SMILES string of the molecule is COc1ccc(N[C@H](C(=O)[O-])c2cccs2)cc1. The first kappa shape index (κ1) is 12.4. The van der Waals surface area contributed by atoms with Crippen molar-refractivity contribution in [3.05, 3.63) is 46.7 Å². The van der Waals surface area contributed by atoms with Gasteiger partial charge in [0.15, 0.2) is 0 Å². The van der Waals surface area contributed by atoms with Gasteiger partial charge in [0.1, 0.15) is 11.8 Å². The zero-order chi connectivity index (χ0) is 13.0. The average molecular weight is 262 g/mol. The first-order valence-electron chi connectivity index (χ1n) is 5.35. The van der Waals surface area contributed by atoms with Gasteiger partial charge in [-0.15, -0.1) is 11.3 Å². The Labute approximate surface area is 109 Å². The number of carboxylic acid groups (broad SMARTS) is 1. The summed E-state index contributed by atoms with van der Waals surface area (Å²) in [6.45, 7) is 0. The van der Waals surface area contributed by atoms with Crippen LogP contribution in [0.2, 0.25) is 0 Å². The third kappa shape index (κ3) is 2.81. The van der Waals surface area contributed by atoms with E-state index in [4.69, 9.17) is 4.74 Å². The summed E-state index contributed by atoms with van der Waals surface area (Å²) in [4.78, 5) is 11.8. The maximum absolute atomic E-state index is 11.1. The van der Waals surface area contributed by atoms with Crippen LogP contribution in [0.3, 0.4) is 0 Å². The fraction of sp³-hybridized carbons (Fsp3) is 0.154. The van der Waals surface area contributed by atoms with Crippen LogP contribution in [0.15, 0.2) is 41.8 Å². The van der Waals surface area contributed by atoms with E-state index >= 15 is 0 Å². The maximum atomic E-state index is 11.1. The zero-order valence-electron chi connectivity index (χ0n) is 9.75. The molecule has 0 aliphatic carbocycles. The van der Waals surface area contributed by atoms with Gasteiger partial charge in [-0.25, -0.2) is 0 Å². The topological polar surface area (TPSA) is 61.4 Å². The Morgan fingerprint density at radius 2 is 2.06 bits per heavy atom. The third-order valence-corrected chi connectivity index (χ3v) is 3.40. The molecule has 0 unspecified atom stereocenters. The molecule has 1 atom stereocenters. The molecule has 0 saturated carbocycles. The number of anilines is 1. The Morgan fingerprint density at radius 3 is 2.56 bits per heavy atom. The molecule has 2 rings (SSSR count). The molecule has 0 aliphatic heterocycles. The van der Waals surface area contributed by atoms with Gasteiger partial charge in [-0.05, 0) is 35.7 Å². The van der Waals surface area contributed by atoms with E-state index in [9.17, 15) is 9.90 Å². The van der Waals surface area contributed by atoms with E-state index in [1.54, 1.807) is 37.4 Å². The van der Waals surface area contributed by atoms with E-state index in [-0.39, 0.29) is 0 Å². The fourth-order valence-electron chi connectivity index (χ4n) is 1.56. The number of methoxy groups -OCH3 is 1. The molecule has 0 amide bonds. The molecule has 0 aliphatic rings. The van der Waals surface area contributed by atoms with Gasteiger partial charge < -0.3 is 20.0 Å². The molecule has 1 aromatic carbocycles. The van der Waals surface area contributed by atoms with Gasteiger partial charge >= 0.3 is 0 Å². The van der Waals surface area contributed by atoms with Crippen molar-refractivity contribution in [3.8, 4) is 5.75 Å². The minimum absolute atomic E-state index is 0.707. The monoisotopic (exact) mass is 262 g/mol. The van der Waals surface area contributed by atoms with Crippen LogP contribution in [0.5, 0.6) is 5.75 Å². The highest BCUT2D eigenvalue weighted by atomic mass is 32.1. The molecule has 0 saturated heterocycles. The van der Waals surface area contributed by atoms with E-state index < -0.39 is 12.0 Å². The Bertz CT molecular complexity index is 508. The van der Waals surface area contributed by atoms with Crippen molar-refractivity contribution in [1.82, 2.24) is 0 Å². The average Bonchev–Trinajstić information content (AvgIpc) is 2.90. The highest BCUT2D eigenvalue weighted by Gasteiger charge is 2.13. The molecule has 0 fully saturated rings. The Kier molecular flexibility index (Phi) is 3.84. The summed E-state index contributed by atoms with van der Waals surface area (Å²) in [5.41, 5.74) is 0.707. The van der Waals surface area contributed by atoms with E-state index in [0.717, 1.165) is 5.75 Å². The summed E-state index contributed by atoms with van der Waals surface area (Å²) in [7, 11) is 1.58. The van der Waals surface area contributed by atoms with Gasteiger partial charge in [0.25, 0.3) is 0 Å². The van der Waals surface area contributed by atoms with Gasteiger partial charge in [0.05, 0.1) is 13.1 Å². The van der Waals surface area contributed by atoms with Crippen LogP contribution >= 0.6 is 11.3 Å². The van der Waals surface area contributed by atoms with Crippen molar-refractivity contribution in [2.24, 2.45) is 0 Å². The molecule has 1 N–H and O–H groups in total. The molecule has 0 radical (unpaired) electrons.